The summed E-state index contributed by atoms with van der Waals surface area (Å²) >= 11 is 0. The molecule has 0 fully saturated rings. The Hall–Kier alpha value is -2.99. The number of aliphatic hydroxyl groups excluding tert-OH is 1. The maximum Gasteiger partial charge on any atom is 0.277 e. The van der Waals surface area contributed by atoms with Crippen LogP contribution >= 0.6 is 0 Å². The Bertz CT molecular complexity index is 877. The van der Waals surface area contributed by atoms with Crippen LogP contribution in [0.25, 0.3) is 11.1 Å². The minimum Gasteiger partial charge on any atom is -0.395 e. The van der Waals surface area contributed by atoms with E-state index in [2.05, 4.69) is 5.32 Å². The van der Waals surface area contributed by atoms with Gasteiger partial charge in [-0.3, -0.25) is 14.5 Å². The zero-order valence-electron chi connectivity index (χ0n) is 13.6. The van der Waals surface area contributed by atoms with Crippen LogP contribution in [0.1, 0.15) is 5.56 Å². The summed E-state index contributed by atoms with van der Waals surface area (Å²) in [5, 5.41) is 11.8. The van der Waals surface area contributed by atoms with Gasteiger partial charge in [-0.25, -0.2) is 4.39 Å². The summed E-state index contributed by atoms with van der Waals surface area (Å²) in [6, 6.07) is 12.1. The fraction of sp³-hybridized carbons (Fsp3) is 0.158. The predicted molar refractivity (Wildman–Crippen MR) is 92.1 cm³/mol. The quantitative estimate of drug-likeness (QED) is 0.821. The van der Waals surface area contributed by atoms with Crippen LogP contribution in [0, 0.1) is 12.7 Å². The number of nitrogens with zero attached hydrogens (tertiary/aromatic N) is 1. The number of anilines is 1. The van der Waals surface area contributed by atoms with Crippen molar-refractivity contribution in [2.75, 3.05) is 18.5 Å². The minimum absolute atomic E-state index is 0.0397. The number of nitrogens with one attached hydrogen (secondary N) is 1. The Morgan fingerprint density at radius 2 is 1.88 bits per heavy atom. The van der Waals surface area contributed by atoms with E-state index in [0.717, 1.165) is 16.0 Å². The normalized spacial score (nSPS) is 14.0. The first-order chi connectivity index (χ1) is 12.0. The third-order valence-electron chi connectivity index (χ3n) is 3.98. The lowest BCUT2D eigenvalue weighted by Crippen LogP contribution is -2.34. The Morgan fingerprint density at radius 3 is 2.60 bits per heavy atom. The highest BCUT2D eigenvalue weighted by atomic mass is 19.1. The van der Waals surface area contributed by atoms with Crippen molar-refractivity contribution in [2.45, 2.75) is 6.92 Å². The number of hydrogen-bond acceptors (Lipinski definition) is 4. The van der Waals surface area contributed by atoms with E-state index < -0.39 is 11.8 Å². The van der Waals surface area contributed by atoms with Crippen molar-refractivity contribution in [3.05, 3.63) is 65.6 Å². The second kappa shape index (κ2) is 6.86. The number of benzene rings is 2. The Balaban J connectivity index is 1.83. The van der Waals surface area contributed by atoms with Gasteiger partial charge >= 0.3 is 0 Å². The van der Waals surface area contributed by atoms with E-state index in [1.165, 1.54) is 12.1 Å². The van der Waals surface area contributed by atoms with Gasteiger partial charge in [-0.2, -0.15) is 0 Å². The standard InChI is InChI=1S/C19H17FN2O3/c1-12-5-6-14(10-16(12)20)13-3-2-4-15(9-13)21-17-11-18(24)22(7-8-23)19(17)25/h2-6,9-11,21,23H,7-8H2,1H3. The fourth-order valence-corrected chi connectivity index (χ4v) is 2.61. The molecule has 0 spiro atoms. The summed E-state index contributed by atoms with van der Waals surface area (Å²) in [6.07, 6.45) is 1.20. The third kappa shape index (κ3) is 3.44. The number of amides is 2. The molecule has 0 unspecified atom stereocenters. The summed E-state index contributed by atoms with van der Waals surface area (Å²) < 4.78 is 13.8. The van der Waals surface area contributed by atoms with Gasteiger partial charge < -0.3 is 10.4 Å². The molecule has 1 aliphatic rings. The largest absolute Gasteiger partial charge is 0.395 e. The summed E-state index contributed by atoms with van der Waals surface area (Å²) in [5.74, 6) is -1.22. The minimum atomic E-state index is -0.481. The van der Waals surface area contributed by atoms with Gasteiger partial charge in [0.2, 0.25) is 0 Å². The summed E-state index contributed by atoms with van der Waals surface area (Å²) in [6.45, 7) is 1.37. The molecule has 0 radical (unpaired) electrons. The zero-order valence-corrected chi connectivity index (χ0v) is 13.6. The van der Waals surface area contributed by atoms with Crippen LogP contribution in [0.15, 0.2) is 54.2 Å². The maximum atomic E-state index is 13.8. The Kier molecular flexibility index (Phi) is 4.63. The van der Waals surface area contributed by atoms with Crippen LogP contribution < -0.4 is 5.32 Å². The van der Waals surface area contributed by atoms with Crippen molar-refractivity contribution < 1.29 is 19.1 Å². The molecule has 128 valence electrons. The van der Waals surface area contributed by atoms with Crippen LogP contribution in [-0.2, 0) is 9.59 Å². The average molecular weight is 340 g/mol. The number of halogens is 1. The number of rotatable bonds is 5. The van der Waals surface area contributed by atoms with Gasteiger partial charge in [0.05, 0.1) is 13.2 Å². The summed E-state index contributed by atoms with van der Waals surface area (Å²) in [5.41, 5.74) is 2.83. The predicted octanol–water partition coefficient (Wildman–Crippen LogP) is 2.46. The summed E-state index contributed by atoms with van der Waals surface area (Å²) in [7, 11) is 0. The van der Waals surface area contributed by atoms with Crippen molar-refractivity contribution in [1.29, 1.82) is 0 Å². The van der Waals surface area contributed by atoms with Crippen molar-refractivity contribution in [3.8, 4) is 11.1 Å². The fourth-order valence-electron chi connectivity index (χ4n) is 2.61. The highest BCUT2D eigenvalue weighted by Crippen LogP contribution is 2.26. The Morgan fingerprint density at radius 1 is 1.12 bits per heavy atom. The van der Waals surface area contributed by atoms with Crippen LogP contribution in [0.5, 0.6) is 0 Å². The number of imide groups is 1. The number of hydrogen-bond donors (Lipinski definition) is 2. The van der Waals surface area contributed by atoms with E-state index in [-0.39, 0.29) is 24.7 Å². The molecule has 0 aromatic heterocycles. The van der Waals surface area contributed by atoms with Crippen molar-refractivity contribution >= 4 is 17.5 Å². The van der Waals surface area contributed by atoms with E-state index in [0.29, 0.717) is 11.3 Å². The number of β-amino-alcohol motifs (C(OH)–C–C–N with tert-alkyl or cyclic N) is 1. The van der Waals surface area contributed by atoms with Crippen LogP contribution in [0.3, 0.4) is 0 Å². The number of carbonyl (C=O) groups is 2. The molecule has 2 N–H and O–H groups in total. The summed E-state index contributed by atoms with van der Waals surface area (Å²) in [4.78, 5) is 24.9. The molecule has 0 atom stereocenters. The van der Waals surface area contributed by atoms with E-state index in [4.69, 9.17) is 5.11 Å². The molecule has 2 aromatic rings. The van der Waals surface area contributed by atoms with Crippen LogP contribution in [-0.4, -0.2) is 35.0 Å². The number of aryl methyl sites for hydroxylation is 1. The topological polar surface area (TPSA) is 69.6 Å². The second-order valence-electron chi connectivity index (χ2n) is 5.75. The average Bonchev–Trinajstić information content (AvgIpc) is 2.85. The maximum absolute atomic E-state index is 13.8. The smallest absolute Gasteiger partial charge is 0.277 e. The van der Waals surface area contributed by atoms with Gasteiger partial charge in [0.15, 0.2) is 0 Å². The lowest BCUT2D eigenvalue weighted by molar-refractivity contribution is -0.137. The van der Waals surface area contributed by atoms with Gasteiger partial charge in [0.1, 0.15) is 11.5 Å². The lowest BCUT2D eigenvalue weighted by atomic mass is 10.0. The molecule has 0 saturated heterocycles. The number of aliphatic hydroxyl groups is 1. The SMILES string of the molecule is Cc1ccc(-c2cccc(NC3=CC(=O)N(CCO)C3=O)c2)cc1F. The van der Waals surface area contributed by atoms with Crippen LogP contribution in [0.4, 0.5) is 10.1 Å². The molecular weight excluding hydrogens is 323 g/mol. The van der Waals surface area contributed by atoms with E-state index in [9.17, 15) is 14.0 Å². The van der Waals surface area contributed by atoms with Gasteiger partial charge in [-0.05, 0) is 41.8 Å². The van der Waals surface area contributed by atoms with Crippen molar-refractivity contribution in [3.63, 3.8) is 0 Å². The lowest BCUT2D eigenvalue weighted by Gasteiger charge is -2.14. The molecular formula is C19H17FN2O3. The van der Waals surface area contributed by atoms with Gasteiger partial charge in [-0.1, -0.05) is 24.3 Å². The van der Waals surface area contributed by atoms with Gasteiger partial charge in [0, 0.05) is 11.8 Å². The zero-order chi connectivity index (χ0) is 18.0. The molecule has 2 aromatic carbocycles. The van der Waals surface area contributed by atoms with Crippen molar-refractivity contribution in [2.24, 2.45) is 0 Å². The molecule has 0 saturated carbocycles. The second-order valence-corrected chi connectivity index (χ2v) is 5.75. The monoisotopic (exact) mass is 340 g/mol. The molecule has 3 rings (SSSR count). The molecule has 6 heteroatoms. The first-order valence-corrected chi connectivity index (χ1v) is 7.81. The molecule has 1 aliphatic heterocycles. The van der Waals surface area contributed by atoms with E-state index in [1.807, 2.05) is 12.1 Å². The highest BCUT2D eigenvalue weighted by molar-refractivity contribution is 6.17. The third-order valence-corrected chi connectivity index (χ3v) is 3.98. The Labute approximate surface area is 144 Å². The molecule has 0 aliphatic carbocycles. The van der Waals surface area contributed by atoms with Gasteiger partial charge in [0.25, 0.3) is 11.8 Å². The van der Waals surface area contributed by atoms with Crippen LogP contribution in [0.2, 0.25) is 0 Å². The number of carbonyl (C=O) groups excluding carboxylic acids is 2. The van der Waals surface area contributed by atoms with Gasteiger partial charge in [-0.15, -0.1) is 0 Å². The van der Waals surface area contributed by atoms with Crippen molar-refractivity contribution in [1.82, 2.24) is 4.90 Å². The first-order valence-electron chi connectivity index (χ1n) is 7.81. The molecule has 25 heavy (non-hydrogen) atoms. The van der Waals surface area contributed by atoms with E-state index in [1.54, 1.807) is 31.2 Å². The first kappa shape index (κ1) is 16.9. The highest BCUT2D eigenvalue weighted by Gasteiger charge is 2.30. The molecule has 5 nitrogen and oxygen atoms in total. The molecule has 1 heterocycles. The van der Waals surface area contributed by atoms with E-state index >= 15 is 0 Å². The molecule has 2 amide bonds. The molecule has 0 bridgehead atoms.